The molecule has 0 aromatic carbocycles. The van der Waals surface area contributed by atoms with Crippen molar-refractivity contribution in [1.29, 1.82) is 0 Å². The summed E-state index contributed by atoms with van der Waals surface area (Å²) in [5.41, 5.74) is 11.0. The normalized spacial score (nSPS) is 16.8. The van der Waals surface area contributed by atoms with E-state index in [4.69, 9.17) is 11.5 Å². The molecule has 0 aliphatic rings. The van der Waals surface area contributed by atoms with E-state index in [1.54, 1.807) is 0 Å². The smallest absolute Gasteiger partial charge is 0.0672 e. The molecule has 0 fully saturated rings. The summed E-state index contributed by atoms with van der Waals surface area (Å²) in [7, 11) is 1.83. The second-order valence-corrected chi connectivity index (χ2v) is 2.53. The highest BCUT2D eigenvalue weighted by atomic mass is 15.1. The first kappa shape index (κ1) is 9.84. The molecule has 2 unspecified atom stereocenters. The lowest BCUT2D eigenvalue weighted by atomic mass is 10.3. The van der Waals surface area contributed by atoms with Crippen LogP contribution >= 0.6 is 0 Å². The first-order valence-electron chi connectivity index (χ1n) is 3.56. The molecule has 2 atom stereocenters. The zero-order chi connectivity index (χ0) is 7.98. The number of nitrogens with one attached hydrogen (secondary N) is 2. The van der Waals surface area contributed by atoms with Crippen LogP contribution < -0.4 is 22.1 Å². The molecule has 0 heterocycles. The lowest BCUT2D eigenvalue weighted by molar-refractivity contribution is 0.506. The van der Waals surface area contributed by atoms with Crippen molar-refractivity contribution < 1.29 is 0 Å². The van der Waals surface area contributed by atoms with Gasteiger partial charge in [-0.15, -0.1) is 0 Å². The third kappa shape index (κ3) is 5.97. The Morgan fingerprint density at radius 2 is 1.90 bits per heavy atom. The van der Waals surface area contributed by atoms with Crippen LogP contribution in [0.25, 0.3) is 0 Å². The lowest BCUT2D eigenvalue weighted by Gasteiger charge is -2.12. The molecule has 0 aliphatic carbocycles. The van der Waals surface area contributed by atoms with Crippen molar-refractivity contribution >= 4 is 0 Å². The Balaban J connectivity index is 3.03. The maximum Gasteiger partial charge on any atom is 0.0672 e. The summed E-state index contributed by atoms with van der Waals surface area (Å²) in [6.45, 7) is 3.53. The van der Waals surface area contributed by atoms with Crippen LogP contribution in [0.1, 0.15) is 6.92 Å². The molecule has 0 bridgehead atoms. The van der Waals surface area contributed by atoms with E-state index < -0.39 is 0 Å². The van der Waals surface area contributed by atoms with Gasteiger partial charge in [-0.2, -0.15) is 0 Å². The van der Waals surface area contributed by atoms with Gasteiger partial charge in [-0.1, -0.05) is 0 Å². The monoisotopic (exact) mass is 146 g/mol. The standard InChI is InChI=1S/C6H18N4/c1-5(7)3-10-4-6(8)9-2/h5-6,9-10H,3-4,7-8H2,1-2H3. The summed E-state index contributed by atoms with van der Waals surface area (Å²) < 4.78 is 0. The maximum atomic E-state index is 5.54. The molecular weight excluding hydrogens is 128 g/mol. The van der Waals surface area contributed by atoms with E-state index in [-0.39, 0.29) is 12.2 Å². The van der Waals surface area contributed by atoms with Crippen molar-refractivity contribution in [1.82, 2.24) is 10.6 Å². The highest BCUT2D eigenvalue weighted by Gasteiger charge is 1.97. The van der Waals surface area contributed by atoms with Crippen molar-refractivity contribution in [2.45, 2.75) is 19.1 Å². The molecule has 0 aromatic heterocycles. The molecule has 0 saturated heterocycles. The van der Waals surface area contributed by atoms with E-state index in [0.29, 0.717) is 0 Å². The van der Waals surface area contributed by atoms with Crippen molar-refractivity contribution in [2.24, 2.45) is 11.5 Å². The quantitative estimate of drug-likeness (QED) is 0.353. The Hall–Kier alpha value is -0.160. The van der Waals surface area contributed by atoms with Crippen LogP contribution in [-0.2, 0) is 0 Å². The zero-order valence-corrected chi connectivity index (χ0v) is 6.72. The number of likely N-dealkylation sites (N-methyl/N-ethyl adjacent to an activating group) is 1. The van der Waals surface area contributed by atoms with Gasteiger partial charge in [0.1, 0.15) is 0 Å². The lowest BCUT2D eigenvalue weighted by Crippen LogP contribution is -2.45. The Bertz CT molecular complexity index is 74.1. The van der Waals surface area contributed by atoms with Gasteiger partial charge in [-0.3, -0.25) is 0 Å². The van der Waals surface area contributed by atoms with Crippen molar-refractivity contribution in [2.75, 3.05) is 20.1 Å². The van der Waals surface area contributed by atoms with E-state index >= 15 is 0 Å². The second-order valence-electron chi connectivity index (χ2n) is 2.53. The predicted molar refractivity (Wildman–Crippen MR) is 43.6 cm³/mol. The molecule has 6 N–H and O–H groups in total. The third-order valence-corrected chi connectivity index (χ3v) is 1.20. The Kier molecular flexibility index (Phi) is 5.52. The summed E-state index contributed by atoms with van der Waals surface area (Å²) in [6, 6.07) is 0.198. The number of hydrogen-bond acceptors (Lipinski definition) is 4. The van der Waals surface area contributed by atoms with E-state index in [0.717, 1.165) is 13.1 Å². The number of nitrogens with two attached hydrogens (primary N) is 2. The first-order chi connectivity index (χ1) is 4.66. The van der Waals surface area contributed by atoms with Gasteiger partial charge >= 0.3 is 0 Å². The Morgan fingerprint density at radius 3 is 2.30 bits per heavy atom. The predicted octanol–water partition coefficient (Wildman–Crippen LogP) is -1.57. The largest absolute Gasteiger partial charge is 0.327 e. The fraction of sp³-hybridized carbons (Fsp3) is 1.00. The van der Waals surface area contributed by atoms with Gasteiger partial charge < -0.3 is 22.1 Å². The molecule has 0 spiro atoms. The summed E-state index contributed by atoms with van der Waals surface area (Å²) in [5, 5.41) is 6.04. The third-order valence-electron chi connectivity index (χ3n) is 1.20. The van der Waals surface area contributed by atoms with Crippen molar-refractivity contribution in [3.05, 3.63) is 0 Å². The summed E-state index contributed by atoms with van der Waals surface area (Å²) in [6.07, 6.45) is 0.0266. The molecule has 0 rings (SSSR count). The molecule has 0 amide bonds. The Morgan fingerprint density at radius 1 is 1.30 bits per heavy atom. The molecule has 0 radical (unpaired) electrons. The summed E-state index contributed by atoms with van der Waals surface area (Å²) >= 11 is 0. The Labute approximate surface area is 62.3 Å². The van der Waals surface area contributed by atoms with Crippen molar-refractivity contribution in [3.8, 4) is 0 Å². The number of rotatable bonds is 5. The van der Waals surface area contributed by atoms with Crippen molar-refractivity contribution in [3.63, 3.8) is 0 Å². The van der Waals surface area contributed by atoms with Crippen LogP contribution in [0, 0.1) is 0 Å². The van der Waals surface area contributed by atoms with E-state index in [1.807, 2.05) is 14.0 Å². The van der Waals surface area contributed by atoms with Gasteiger partial charge in [0.25, 0.3) is 0 Å². The van der Waals surface area contributed by atoms with Crippen LogP contribution in [-0.4, -0.2) is 32.3 Å². The van der Waals surface area contributed by atoms with Gasteiger partial charge in [0.15, 0.2) is 0 Å². The maximum absolute atomic E-state index is 5.54. The number of hydrogen-bond donors (Lipinski definition) is 4. The van der Waals surface area contributed by atoms with E-state index in [2.05, 4.69) is 10.6 Å². The van der Waals surface area contributed by atoms with Gasteiger partial charge in [0.2, 0.25) is 0 Å². The summed E-state index contributed by atoms with van der Waals surface area (Å²) in [4.78, 5) is 0. The summed E-state index contributed by atoms with van der Waals surface area (Å²) in [5.74, 6) is 0. The molecule has 0 aliphatic heterocycles. The minimum Gasteiger partial charge on any atom is -0.327 e. The SMILES string of the molecule is CNC(N)CNCC(C)N. The van der Waals surface area contributed by atoms with Gasteiger partial charge in [0, 0.05) is 19.1 Å². The zero-order valence-electron chi connectivity index (χ0n) is 6.72. The molecule has 0 saturated carbocycles. The average molecular weight is 146 g/mol. The van der Waals surface area contributed by atoms with Crippen LogP contribution in [0.3, 0.4) is 0 Å². The molecule has 10 heavy (non-hydrogen) atoms. The fourth-order valence-corrected chi connectivity index (χ4v) is 0.569. The second kappa shape index (κ2) is 5.61. The van der Waals surface area contributed by atoms with Crippen LogP contribution in [0.5, 0.6) is 0 Å². The van der Waals surface area contributed by atoms with Crippen LogP contribution in [0.2, 0.25) is 0 Å². The highest BCUT2D eigenvalue weighted by Crippen LogP contribution is 1.70. The molecule has 62 valence electrons. The fourth-order valence-electron chi connectivity index (χ4n) is 0.569. The minimum atomic E-state index is 0.0266. The van der Waals surface area contributed by atoms with E-state index in [1.165, 1.54) is 0 Å². The van der Waals surface area contributed by atoms with E-state index in [9.17, 15) is 0 Å². The van der Waals surface area contributed by atoms with Gasteiger partial charge in [-0.05, 0) is 14.0 Å². The molecular formula is C6H18N4. The van der Waals surface area contributed by atoms with Gasteiger partial charge in [-0.25, -0.2) is 0 Å². The molecule has 0 aromatic rings. The minimum absolute atomic E-state index is 0.0266. The average Bonchev–Trinajstić information content (AvgIpc) is 1.87. The molecule has 4 nitrogen and oxygen atoms in total. The topological polar surface area (TPSA) is 76.1 Å². The molecule has 4 heteroatoms. The first-order valence-corrected chi connectivity index (χ1v) is 3.56. The van der Waals surface area contributed by atoms with Crippen LogP contribution in [0.4, 0.5) is 0 Å². The highest BCUT2D eigenvalue weighted by molar-refractivity contribution is 4.62. The van der Waals surface area contributed by atoms with Crippen LogP contribution in [0.15, 0.2) is 0 Å². The van der Waals surface area contributed by atoms with Gasteiger partial charge in [0.05, 0.1) is 6.17 Å².